The van der Waals surface area contributed by atoms with E-state index < -0.39 is 0 Å². The average Bonchev–Trinajstić information content (AvgIpc) is 2.33. The van der Waals surface area contributed by atoms with Crippen LogP contribution in [0.2, 0.25) is 0 Å². The summed E-state index contributed by atoms with van der Waals surface area (Å²) >= 11 is 5.68. The van der Waals surface area contributed by atoms with Gasteiger partial charge >= 0.3 is 0 Å². The lowest BCUT2D eigenvalue weighted by Gasteiger charge is -2.04. The molecule has 2 N–H and O–H groups in total. The second-order valence-corrected chi connectivity index (χ2v) is 3.49. The molecule has 0 aliphatic rings. The molecule has 0 radical (unpaired) electrons. The maximum Gasteiger partial charge on any atom is 0.291 e. The summed E-state index contributed by atoms with van der Waals surface area (Å²) in [4.78, 5) is 17.8. The predicted molar refractivity (Wildman–Crippen MR) is 64.1 cm³/mol. The average molecular weight is 236 g/mol. The molecule has 0 atom stereocenters. The van der Waals surface area contributed by atoms with Crippen molar-refractivity contribution < 1.29 is 0 Å². The van der Waals surface area contributed by atoms with Crippen LogP contribution in [0.5, 0.6) is 0 Å². The Kier molecular flexibility index (Phi) is 3.22. The molecule has 1 heterocycles. The SMILES string of the molecule is O=c1[nH]ccnc1Nc1ccc(CCl)cc1. The molecule has 0 fully saturated rings. The van der Waals surface area contributed by atoms with Crippen LogP contribution in [0.1, 0.15) is 5.56 Å². The maximum absolute atomic E-state index is 11.3. The molecule has 1 aromatic heterocycles. The lowest BCUT2D eigenvalue weighted by atomic mass is 10.2. The van der Waals surface area contributed by atoms with Crippen LogP contribution in [-0.2, 0) is 5.88 Å². The van der Waals surface area contributed by atoms with Gasteiger partial charge < -0.3 is 10.3 Å². The van der Waals surface area contributed by atoms with Gasteiger partial charge in [0, 0.05) is 24.0 Å². The van der Waals surface area contributed by atoms with Crippen molar-refractivity contribution in [3.8, 4) is 0 Å². The monoisotopic (exact) mass is 235 g/mol. The Balaban J connectivity index is 2.21. The number of halogens is 1. The van der Waals surface area contributed by atoms with Crippen molar-refractivity contribution in [2.24, 2.45) is 0 Å². The first-order valence-electron chi connectivity index (χ1n) is 4.75. The topological polar surface area (TPSA) is 57.8 Å². The van der Waals surface area contributed by atoms with Gasteiger partial charge in [-0.05, 0) is 17.7 Å². The molecule has 0 saturated carbocycles. The van der Waals surface area contributed by atoms with Crippen molar-refractivity contribution in [1.82, 2.24) is 9.97 Å². The third-order valence-corrected chi connectivity index (χ3v) is 2.39. The van der Waals surface area contributed by atoms with Gasteiger partial charge in [-0.2, -0.15) is 0 Å². The molecule has 0 unspecified atom stereocenters. The normalized spacial score (nSPS) is 10.1. The van der Waals surface area contributed by atoms with Crippen molar-refractivity contribution in [3.05, 3.63) is 52.6 Å². The van der Waals surface area contributed by atoms with Crippen LogP contribution < -0.4 is 10.9 Å². The fourth-order valence-electron chi connectivity index (χ4n) is 1.25. The molecule has 82 valence electrons. The molecule has 2 aromatic rings. The van der Waals surface area contributed by atoms with E-state index in [1.54, 1.807) is 0 Å². The van der Waals surface area contributed by atoms with E-state index in [4.69, 9.17) is 11.6 Å². The van der Waals surface area contributed by atoms with E-state index in [0.29, 0.717) is 5.88 Å². The van der Waals surface area contributed by atoms with E-state index in [-0.39, 0.29) is 11.4 Å². The van der Waals surface area contributed by atoms with Crippen molar-refractivity contribution in [2.75, 3.05) is 5.32 Å². The summed E-state index contributed by atoms with van der Waals surface area (Å²) in [5.41, 5.74) is 1.59. The Morgan fingerprint density at radius 2 is 2.06 bits per heavy atom. The van der Waals surface area contributed by atoms with E-state index in [2.05, 4.69) is 15.3 Å². The second-order valence-electron chi connectivity index (χ2n) is 3.22. The highest BCUT2D eigenvalue weighted by molar-refractivity contribution is 6.17. The van der Waals surface area contributed by atoms with Gasteiger partial charge in [0.25, 0.3) is 5.56 Å². The highest BCUT2D eigenvalue weighted by atomic mass is 35.5. The molecule has 5 heteroatoms. The summed E-state index contributed by atoms with van der Waals surface area (Å²) in [6, 6.07) is 7.50. The number of nitrogens with zero attached hydrogens (tertiary/aromatic N) is 1. The van der Waals surface area contributed by atoms with E-state index >= 15 is 0 Å². The fourth-order valence-corrected chi connectivity index (χ4v) is 1.43. The minimum atomic E-state index is -0.246. The summed E-state index contributed by atoms with van der Waals surface area (Å²) < 4.78 is 0. The minimum absolute atomic E-state index is 0.246. The van der Waals surface area contributed by atoms with Crippen molar-refractivity contribution in [2.45, 2.75) is 5.88 Å². The number of aromatic amines is 1. The third kappa shape index (κ3) is 2.41. The first-order chi connectivity index (χ1) is 7.79. The summed E-state index contributed by atoms with van der Waals surface area (Å²) in [5.74, 6) is 0.755. The van der Waals surface area contributed by atoms with Crippen LogP contribution in [-0.4, -0.2) is 9.97 Å². The van der Waals surface area contributed by atoms with Crippen LogP contribution in [0.4, 0.5) is 11.5 Å². The predicted octanol–water partition coefficient (Wildman–Crippen LogP) is 2.25. The molecular formula is C11H10ClN3O. The van der Waals surface area contributed by atoms with Gasteiger partial charge in [0.2, 0.25) is 0 Å². The number of anilines is 2. The summed E-state index contributed by atoms with van der Waals surface area (Å²) in [6.07, 6.45) is 3.01. The van der Waals surface area contributed by atoms with Gasteiger partial charge in [0.15, 0.2) is 5.82 Å². The summed E-state index contributed by atoms with van der Waals surface area (Å²) in [7, 11) is 0. The Labute approximate surface area is 97.3 Å². The number of aromatic nitrogens is 2. The van der Waals surface area contributed by atoms with Crippen LogP contribution in [0.25, 0.3) is 0 Å². The van der Waals surface area contributed by atoms with Crippen LogP contribution in [0.15, 0.2) is 41.5 Å². The van der Waals surface area contributed by atoms with E-state index in [0.717, 1.165) is 11.3 Å². The van der Waals surface area contributed by atoms with Gasteiger partial charge in [0.05, 0.1) is 0 Å². The molecule has 16 heavy (non-hydrogen) atoms. The van der Waals surface area contributed by atoms with Gasteiger partial charge in [-0.1, -0.05) is 12.1 Å². The Morgan fingerprint density at radius 3 is 2.69 bits per heavy atom. The van der Waals surface area contributed by atoms with E-state index in [9.17, 15) is 4.79 Å². The van der Waals surface area contributed by atoms with Gasteiger partial charge in [-0.15, -0.1) is 11.6 Å². The van der Waals surface area contributed by atoms with E-state index in [1.807, 2.05) is 24.3 Å². The number of rotatable bonds is 3. The molecule has 4 nitrogen and oxygen atoms in total. The highest BCUT2D eigenvalue weighted by Gasteiger charge is 1.99. The number of hydrogen-bond acceptors (Lipinski definition) is 3. The lowest BCUT2D eigenvalue weighted by molar-refractivity contribution is 1.14. The minimum Gasteiger partial charge on any atom is -0.336 e. The molecule has 0 saturated heterocycles. The Hall–Kier alpha value is -1.81. The molecule has 0 aliphatic carbocycles. The Bertz CT molecular complexity index is 521. The van der Waals surface area contributed by atoms with Crippen molar-refractivity contribution >= 4 is 23.1 Å². The third-order valence-electron chi connectivity index (χ3n) is 2.08. The number of hydrogen-bond donors (Lipinski definition) is 2. The fraction of sp³-hybridized carbons (Fsp3) is 0.0909. The zero-order valence-electron chi connectivity index (χ0n) is 8.40. The van der Waals surface area contributed by atoms with Crippen LogP contribution >= 0.6 is 11.6 Å². The number of nitrogens with one attached hydrogen (secondary N) is 2. The quantitative estimate of drug-likeness (QED) is 0.803. The second kappa shape index (κ2) is 4.81. The largest absolute Gasteiger partial charge is 0.336 e. The Morgan fingerprint density at radius 1 is 1.31 bits per heavy atom. The number of benzene rings is 1. The lowest BCUT2D eigenvalue weighted by Crippen LogP contribution is -2.12. The number of H-pyrrole nitrogens is 1. The summed E-state index contributed by atoms with van der Waals surface area (Å²) in [5, 5.41) is 2.93. The van der Waals surface area contributed by atoms with Gasteiger partial charge in [0.1, 0.15) is 0 Å². The molecule has 0 amide bonds. The number of alkyl halides is 1. The maximum atomic E-state index is 11.3. The van der Waals surface area contributed by atoms with Gasteiger partial charge in [-0.25, -0.2) is 4.98 Å². The molecule has 2 rings (SSSR count). The molecule has 0 bridgehead atoms. The molecule has 0 spiro atoms. The zero-order valence-corrected chi connectivity index (χ0v) is 9.16. The smallest absolute Gasteiger partial charge is 0.291 e. The molecule has 1 aromatic carbocycles. The first kappa shape index (κ1) is 10.7. The molecule has 0 aliphatic heterocycles. The highest BCUT2D eigenvalue weighted by Crippen LogP contribution is 2.13. The van der Waals surface area contributed by atoms with Gasteiger partial charge in [-0.3, -0.25) is 4.79 Å². The van der Waals surface area contributed by atoms with Crippen molar-refractivity contribution in [1.29, 1.82) is 0 Å². The van der Waals surface area contributed by atoms with Crippen LogP contribution in [0, 0.1) is 0 Å². The first-order valence-corrected chi connectivity index (χ1v) is 5.28. The van der Waals surface area contributed by atoms with E-state index in [1.165, 1.54) is 12.4 Å². The standard InChI is InChI=1S/C11H10ClN3O/c12-7-8-1-3-9(4-2-8)15-10-11(16)14-6-5-13-10/h1-6H,7H2,(H,13,15)(H,14,16). The zero-order chi connectivity index (χ0) is 11.4. The van der Waals surface area contributed by atoms with Crippen LogP contribution in [0.3, 0.4) is 0 Å². The molecular weight excluding hydrogens is 226 g/mol. The van der Waals surface area contributed by atoms with Crippen molar-refractivity contribution in [3.63, 3.8) is 0 Å². The summed E-state index contributed by atoms with van der Waals surface area (Å²) in [6.45, 7) is 0.